The number of aromatic amines is 1. The second-order valence-corrected chi connectivity index (χ2v) is 7.19. The van der Waals surface area contributed by atoms with Gasteiger partial charge in [-0.25, -0.2) is 4.98 Å². The van der Waals surface area contributed by atoms with Crippen molar-refractivity contribution in [1.29, 1.82) is 0 Å². The van der Waals surface area contributed by atoms with Crippen molar-refractivity contribution < 1.29 is 4.74 Å². The van der Waals surface area contributed by atoms with Gasteiger partial charge in [0.15, 0.2) is 0 Å². The van der Waals surface area contributed by atoms with E-state index in [1.165, 1.54) is 54.9 Å². The van der Waals surface area contributed by atoms with Crippen LogP contribution in [-0.4, -0.2) is 29.7 Å². The number of rotatable bonds is 5. The third-order valence-corrected chi connectivity index (χ3v) is 5.53. The maximum absolute atomic E-state index is 6.22. The van der Waals surface area contributed by atoms with Gasteiger partial charge >= 0.3 is 0 Å². The molecule has 0 radical (unpaired) electrons. The number of hydrogen-bond acceptors (Lipinski definition) is 3. The van der Waals surface area contributed by atoms with E-state index in [1.54, 1.807) is 6.33 Å². The van der Waals surface area contributed by atoms with Crippen LogP contribution in [0.15, 0.2) is 18.5 Å². The minimum absolute atomic E-state index is 0.595. The zero-order chi connectivity index (χ0) is 16.5. The van der Waals surface area contributed by atoms with Crippen molar-refractivity contribution in [2.24, 2.45) is 0 Å². The van der Waals surface area contributed by atoms with Crippen LogP contribution in [-0.2, 0) is 12.8 Å². The summed E-state index contributed by atoms with van der Waals surface area (Å²) < 4.78 is 6.22. The minimum Gasteiger partial charge on any atom is -0.493 e. The Morgan fingerprint density at radius 1 is 1.33 bits per heavy atom. The Morgan fingerprint density at radius 3 is 3.08 bits per heavy atom. The molecule has 1 N–H and O–H groups in total. The first-order valence-electron chi connectivity index (χ1n) is 9.26. The number of anilines is 1. The summed E-state index contributed by atoms with van der Waals surface area (Å²) in [5.74, 6) is 1.70. The molecule has 2 aromatic rings. The lowest BCUT2D eigenvalue weighted by Crippen LogP contribution is -2.35. The second-order valence-electron chi connectivity index (χ2n) is 7.19. The van der Waals surface area contributed by atoms with Crippen molar-refractivity contribution in [3.8, 4) is 5.75 Å². The van der Waals surface area contributed by atoms with Gasteiger partial charge in [0, 0.05) is 30.0 Å². The predicted octanol–water partition coefficient (Wildman–Crippen LogP) is 3.99. The Bertz CT molecular complexity index is 722. The molecule has 0 spiro atoms. The average molecular weight is 325 g/mol. The van der Waals surface area contributed by atoms with Crippen molar-refractivity contribution in [2.45, 2.75) is 51.9 Å². The molecular formula is C20H27N3O. The van der Waals surface area contributed by atoms with E-state index in [1.807, 2.05) is 0 Å². The molecule has 0 fully saturated rings. The molecule has 1 atom stereocenters. The molecule has 2 aliphatic rings. The van der Waals surface area contributed by atoms with Crippen LogP contribution < -0.4 is 9.64 Å². The normalized spacial score (nSPS) is 19.2. The van der Waals surface area contributed by atoms with Gasteiger partial charge < -0.3 is 14.6 Å². The van der Waals surface area contributed by atoms with Crippen LogP contribution >= 0.6 is 0 Å². The van der Waals surface area contributed by atoms with E-state index in [0.29, 0.717) is 5.92 Å². The molecule has 4 rings (SSSR count). The van der Waals surface area contributed by atoms with Crippen molar-refractivity contribution in [1.82, 2.24) is 9.97 Å². The molecule has 0 aliphatic carbocycles. The number of ether oxygens (including phenoxy) is 1. The molecule has 4 heteroatoms. The maximum atomic E-state index is 6.22. The maximum Gasteiger partial charge on any atom is 0.124 e. The molecule has 0 saturated heterocycles. The standard InChI is InChI=1S/C20H27N3O/c1-14-9-11-23-10-3-5-16-7-8-18(19(14)20(16)23)24-12-4-6-17-15(2)21-13-22-17/h7-8,13-14H,3-6,9-12H2,1-2H3,(H,21,22)/t14-/m1/s1. The minimum atomic E-state index is 0.595. The molecule has 2 aliphatic heterocycles. The van der Waals surface area contributed by atoms with Crippen molar-refractivity contribution in [3.05, 3.63) is 41.0 Å². The molecule has 1 aromatic heterocycles. The first-order chi connectivity index (χ1) is 11.7. The number of aryl methyl sites for hydroxylation is 3. The molecule has 1 aromatic carbocycles. The summed E-state index contributed by atoms with van der Waals surface area (Å²) in [4.78, 5) is 10.1. The average Bonchev–Trinajstić information content (AvgIpc) is 3.01. The quantitative estimate of drug-likeness (QED) is 0.845. The van der Waals surface area contributed by atoms with Crippen LogP contribution in [0.1, 0.15) is 54.6 Å². The predicted molar refractivity (Wildman–Crippen MR) is 97.1 cm³/mol. The Morgan fingerprint density at radius 2 is 2.25 bits per heavy atom. The van der Waals surface area contributed by atoms with Crippen molar-refractivity contribution in [2.75, 3.05) is 24.6 Å². The number of H-pyrrole nitrogens is 1. The zero-order valence-corrected chi connectivity index (χ0v) is 14.8. The topological polar surface area (TPSA) is 41.1 Å². The first-order valence-corrected chi connectivity index (χ1v) is 9.26. The third kappa shape index (κ3) is 2.79. The van der Waals surface area contributed by atoms with E-state index >= 15 is 0 Å². The number of nitrogens with zero attached hydrogens (tertiary/aromatic N) is 2. The van der Waals surface area contributed by atoms with Crippen molar-refractivity contribution >= 4 is 5.69 Å². The van der Waals surface area contributed by atoms with Crippen molar-refractivity contribution in [3.63, 3.8) is 0 Å². The number of hydrogen-bond donors (Lipinski definition) is 1. The van der Waals surface area contributed by atoms with E-state index in [-0.39, 0.29) is 0 Å². The molecule has 0 unspecified atom stereocenters. The molecule has 0 saturated carbocycles. The Hall–Kier alpha value is -1.97. The van der Waals surface area contributed by atoms with Gasteiger partial charge in [0.05, 0.1) is 18.6 Å². The van der Waals surface area contributed by atoms with E-state index in [0.717, 1.165) is 30.9 Å². The van der Waals surface area contributed by atoms with Gasteiger partial charge in [-0.1, -0.05) is 13.0 Å². The largest absolute Gasteiger partial charge is 0.493 e. The van der Waals surface area contributed by atoms with Gasteiger partial charge in [0.2, 0.25) is 0 Å². The lowest BCUT2D eigenvalue weighted by Gasteiger charge is -2.40. The zero-order valence-electron chi connectivity index (χ0n) is 14.8. The Kier molecular flexibility index (Phi) is 4.21. The first kappa shape index (κ1) is 15.6. The molecule has 4 nitrogen and oxygen atoms in total. The van der Waals surface area contributed by atoms with Crippen LogP contribution in [0.3, 0.4) is 0 Å². The molecule has 0 bridgehead atoms. The second kappa shape index (κ2) is 6.50. The number of benzene rings is 1. The number of aromatic nitrogens is 2. The Balaban J connectivity index is 1.48. The van der Waals surface area contributed by atoms with E-state index in [4.69, 9.17) is 4.74 Å². The van der Waals surface area contributed by atoms with Crippen LogP contribution in [0, 0.1) is 6.92 Å². The van der Waals surface area contributed by atoms with Gasteiger partial charge in [-0.2, -0.15) is 0 Å². The van der Waals surface area contributed by atoms with Gasteiger partial charge in [0.1, 0.15) is 5.75 Å². The summed E-state index contributed by atoms with van der Waals surface area (Å²) >= 11 is 0. The fourth-order valence-electron chi connectivity index (χ4n) is 4.16. The van der Waals surface area contributed by atoms with E-state index < -0.39 is 0 Å². The van der Waals surface area contributed by atoms with Gasteiger partial charge in [0.25, 0.3) is 0 Å². The highest BCUT2D eigenvalue weighted by Crippen LogP contribution is 2.45. The fourth-order valence-corrected chi connectivity index (χ4v) is 4.16. The fraction of sp³-hybridized carbons (Fsp3) is 0.550. The highest BCUT2D eigenvalue weighted by atomic mass is 16.5. The molecule has 3 heterocycles. The van der Waals surface area contributed by atoms with E-state index in [9.17, 15) is 0 Å². The third-order valence-electron chi connectivity index (χ3n) is 5.53. The van der Waals surface area contributed by atoms with Crippen LogP contribution in [0.2, 0.25) is 0 Å². The molecule has 128 valence electrons. The summed E-state index contributed by atoms with van der Waals surface area (Å²) in [6, 6.07) is 4.50. The van der Waals surface area contributed by atoms with Gasteiger partial charge in [-0.05, 0) is 56.6 Å². The summed E-state index contributed by atoms with van der Waals surface area (Å²) in [5.41, 5.74) is 6.78. The smallest absolute Gasteiger partial charge is 0.124 e. The lowest BCUT2D eigenvalue weighted by molar-refractivity contribution is 0.304. The van der Waals surface area contributed by atoms with Crippen LogP contribution in [0.4, 0.5) is 5.69 Å². The number of nitrogens with one attached hydrogen (secondary N) is 1. The molecular weight excluding hydrogens is 298 g/mol. The summed E-state index contributed by atoms with van der Waals surface area (Å²) in [6.45, 7) is 7.58. The van der Waals surface area contributed by atoms with Gasteiger partial charge in [-0.15, -0.1) is 0 Å². The van der Waals surface area contributed by atoms with Gasteiger partial charge in [-0.3, -0.25) is 0 Å². The highest BCUT2D eigenvalue weighted by Gasteiger charge is 2.30. The number of imidazole rings is 1. The summed E-state index contributed by atoms with van der Waals surface area (Å²) in [7, 11) is 0. The van der Waals surface area contributed by atoms with Crippen LogP contribution in [0.5, 0.6) is 5.75 Å². The molecule has 0 amide bonds. The Labute approximate surface area is 144 Å². The summed E-state index contributed by atoms with van der Waals surface area (Å²) in [6.07, 6.45) is 7.47. The highest BCUT2D eigenvalue weighted by molar-refractivity contribution is 5.68. The SMILES string of the molecule is Cc1[nH]cnc1CCCOc1ccc2c3c1[C@H](C)CCN3CCC2. The monoisotopic (exact) mass is 325 g/mol. The lowest BCUT2D eigenvalue weighted by atomic mass is 9.85. The van der Waals surface area contributed by atoms with E-state index in [2.05, 4.69) is 40.8 Å². The van der Waals surface area contributed by atoms with Crippen LogP contribution in [0.25, 0.3) is 0 Å². The summed E-state index contributed by atoms with van der Waals surface area (Å²) in [5, 5.41) is 0. The molecule has 24 heavy (non-hydrogen) atoms.